The first-order chi connectivity index (χ1) is 12.6. The predicted octanol–water partition coefficient (Wildman–Crippen LogP) is 2.75. The van der Waals surface area contributed by atoms with E-state index in [1.54, 1.807) is 45.6 Å². The molecule has 1 N–H and O–H groups in total. The summed E-state index contributed by atoms with van der Waals surface area (Å²) in [5.41, 5.74) is 6.00. The molecular formula is C18H18N4O4. The fraction of sp³-hybridized carbons (Fsp3) is 0.167. The molecule has 0 saturated carbocycles. The van der Waals surface area contributed by atoms with Gasteiger partial charge in [-0.15, -0.1) is 0 Å². The van der Waals surface area contributed by atoms with Crippen LogP contribution in [0.4, 0.5) is 5.69 Å². The Bertz CT molecular complexity index is 937. The highest BCUT2D eigenvalue weighted by molar-refractivity contribution is 5.81. The zero-order valence-electron chi connectivity index (χ0n) is 14.6. The predicted molar refractivity (Wildman–Crippen MR) is 96.4 cm³/mol. The second kappa shape index (κ2) is 7.56. The van der Waals surface area contributed by atoms with Crippen molar-refractivity contribution in [3.8, 4) is 22.8 Å². The first kappa shape index (κ1) is 17.3. The van der Waals surface area contributed by atoms with Crippen LogP contribution in [0.2, 0.25) is 0 Å². The van der Waals surface area contributed by atoms with Crippen molar-refractivity contribution in [1.82, 2.24) is 5.16 Å². The van der Waals surface area contributed by atoms with Gasteiger partial charge in [0, 0.05) is 17.6 Å². The van der Waals surface area contributed by atoms with Gasteiger partial charge in [-0.05, 0) is 40.8 Å². The van der Waals surface area contributed by atoms with E-state index in [1.807, 2.05) is 24.3 Å². The van der Waals surface area contributed by atoms with E-state index >= 15 is 0 Å². The van der Waals surface area contributed by atoms with Crippen LogP contribution in [0, 0.1) is 12.1 Å². The fourth-order valence-corrected chi connectivity index (χ4v) is 2.39. The number of hydrogen-bond acceptors (Lipinski definition) is 7. The normalized spacial score (nSPS) is 10.9. The molecule has 1 aromatic heterocycles. The molecule has 0 fully saturated rings. The third kappa shape index (κ3) is 3.59. The fourth-order valence-electron chi connectivity index (χ4n) is 2.39. The van der Waals surface area contributed by atoms with Crippen LogP contribution in [0.1, 0.15) is 11.3 Å². The molecule has 0 radical (unpaired) electrons. The highest BCUT2D eigenvalue weighted by atomic mass is 16.8. The van der Waals surface area contributed by atoms with Gasteiger partial charge in [0.15, 0.2) is 0 Å². The summed E-state index contributed by atoms with van der Waals surface area (Å²) in [6.07, 6.45) is 1.67. The van der Waals surface area contributed by atoms with Crippen molar-refractivity contribution < 1.29 is 19.0 Å². The molecule has 8 nitrogen and oxygen atoms in total. The zero-order valence-corrected chi connectivity index (χ0v) is 14.6. The molecule has 0 spiro atoms. The van der Waals surface area contributed by atoms with Gasteiger partial charge >= 0.3 is 0 Å². The summed E-state index contributed by atoms with van der Waals surface area (Å²) in [7, 11) is 3.18. The number of rotatable bonds is 6. The number of nitrogens with one attached hydrogen (secondary N) is 1. The maximum absolute atomic E-state index is 11.4. The van der Waals surface area contributed by atoms with E-state index in [4.69, 9.17) is 9.47 Å². The zero-order chi connectivity index (χ0) is 18.5. The van der Waals surface area contributed by atoms with Gasteiger partial charge in [-0.1, -0.05) is 12.1 Å². The molecule has 0 aliphatic carbocycles. The van der Waals surface area contributed by atoms with E-state index in [0.717, 1.165) is 11.3 Å². The van der Waals surface area contributed by atoms with Crippen LogP contribution in [0.25, 0.3) is 11.3 Å². The average molecular weight is 354 g/mol. The highest BCUT2D eigenvalue weighted by Crippen LogP contribution is 2.30. The van der Waals surface area contributed by atoms with Crippen molar-refractivity contribution in [2.75, 3.05) is 19.6 Å². The van der Waals surface area contributed by atoms with E-state index in [0.29, 0.717) is 33.3 Å². The summed E-state index contributed by atoms with van der Waals surface area (Å²) in [5, 5.41) is 19.4. The number of hydrazone groups is 1. The van der Waals surface area contributed by atoms with Gasteiger partial charge in [-0.3, -0.25) is 10.1 Å². The van der Waals surface area contributed by atoms with Crippen molar-refractivity contribution in [3.05, 3.63) is 58.9 Å². The molecule has 0 aliphatic rings. The van der Waals surface area contributed by atoms with Crippen molar-refractivity contribution in [2.24, 2.45) is 5.10 Å². The summed E-state index contributed by atoms with van der Waals surface area (Å²) >= 11 is 0. The first-order valence-electron chi connectivity index (χ1n) is 7.80. The first-order valence-corrected chi connectivity index (χ1v) is 7.80. The lowest BCUT2D eigenvalue weighted by Gasteiger charge is -2.08. The second-order valence-corrected chi connectivity index (χ2v) is 5.43. The van der Waals surface area contributed by atoms with Crippen LogP contribution in [-0.4, -0.2) is 25.6 Å². The summed E-state index contributed by atoms with van der Waals surface area (Å²) in [6, 6.07) is 12.9. The quantitative estimate of drug-likeness (QED) is 0.415. The third-order valence-corrected chi connectivity index (χ3v) is 3.79. The molecule has 2 aromatic carbocycles. The Hall–Kier alpha value is -3.55. The Kier molecular flexibility index (Phi) is 5.02. The largest absolute Gasteiger partial charge is 0.497 e. The van der Waals surface area contributed by atoms with Crippen LogP contribution >= 0.6 is 0 Å². The van der Waals surface area contributed by atoms with Crippen LogP contribution in [0.15, 0.2) is 52.2 Å². The molecular weight excluding hydrogens is 336 g/mol. The van der Waals surface area contributed by atoms with E-state index in [-0.39, 0.29) is 0 Å². The van der Waals surface area contributed by atoms with Crippen LogP contribution in [0.3, 0.4) is 0 Å². The molecule has 26 heavy (non-hydrogen) atoms. The van der Waals surface area contributed by atoms with Gasteiger partial charge in [0.1, 0.15) is 11.5 Å². The Balaban J connectivity index is 1.85. The molecule has 0 saturated heterocycles. The van der Waals surface area contributed by atoms with Crippen molar-refractivity contribution in [3.63, 3.8) is 0 Å². The molecule has 134 valence electrons. The minimum Gasteiger partial charge on any atom is -0.497 e. The third-order valence-electron chi connectivity index (χ3n) is 3.79. The summed E-state index contributed by atoms with van der Waals surface area (Å²) in [5.74, 6) is 1.36. The Labute approximate surface area is 150 Å². The summed E-state index contributed by atoms with van der Waals surface area (Å²) in [4.78, 5) is 0.369. The van der Waals surface area contributed by atoms with Crippen LogP contribution in [0.5, 0.6) is 11.5 Å². The number of aromatic nitrogens is 2. The van der Waals surface area contributed by atoms with Crippen LogP contribution in [-0.2, 0) is 0 Å². The van der Waals surface area contributed by atoms with Gasteiger partial charge in [-0.25, -0.2) is 0 Å². The maximum atomic E-state index is 11.4. The number of benzene rings is 2. The maximum Gasteiger partial charge on any atom is 0.251 e. The van der Waals surface area contributed by atoms with E-state index in [1.165, 1.54) is 0 Å². The molecule has 3 rings (SSSR count). The van der Waals surface area contributed by atoms with Gasteiger partial charge in [0.2, 0.25) is 5.69 Å². The van der Waals surface area contributed by atoms with Gasteiger partial charge < -0.3 is 14.7 Å². The number of hydrogen-bond donors (Lipinski definition) is 1. The molecule has 8 heteroatoms. The molecule has 1 heterocycles. The lowest BCUT2D eigenvalue weighted by Crippen LogP contribution is -2.25. The minimum absolute atomic E-state index is 0.369. The summed E-state index contributed by atoms with van der Waals surface area (Å²) < 4.78 is 15.2. The molecule has 0 amide bonds. The van der Waals surface area contributed by atoms with Crippen molar-refractivity contribution in [2.45, 2.75) is 6.92 Å². The lowest BCUT2D eigenvalue weighted by molar-refractivity contribution is -0.806. The molecule has 0 bridgehead atoms. The van der Waals surface area contributed by atoms with Gasteiger partial charge in [0.05, 0.1) is 26.1 Å². The van der Waals surface area contributed by atoms with E-state index < -0.39 is 0 Å². The minimum atomic E-state index is 0.369. The van der Waals surface area contributed by atoms with Crippen LogP contribution < -0.4 is 19.8 Å². The van der Waals surface area contributed by atoms with Gasteiger partial charge in [-0.2, -0.15) is 5.10 Å². The molecule has 3 aromatic rings. The SMILES string of the molecule is COc1cccc(/C=N/Nc2cc(-c3no[n+]([O-])c3C)ccc2OC)c1. The standard InChI is InChI=1S/C18H18N4O4/c1-12-18(21-26-22(12)23)14-7-8-17(25-3)16(10-14)20-19-11-13-5-4-6-15(9-13)24-2/h4-11,20H,1-3H3/b19-11+. The number of anilines is 1. The number of ether oxygens (including phenoxy) is 2. The average Bonchev–Trinajstić information content (AvgIpc) is 3.00. The Morgan fingerprint density at radius 1 is 1.19 bits per heavy atom. The second-order valence-electron chi connectivity index (χ2n) is 5.43. The Morgan fingerprint density at radius 2 is 2.04 bits per heavy atom. The number of nitrogens with zero attached hydrogens (tertiary/aromatic N) is 3. The topological polar surface area (TPSA) is 95.8 Å². The molecule has 0 aliphatic heterocycles. The lowest BCUT2D eigenvalue weighted by atomic mass is 10.1. The Morgan fingerprint density at radius 3 is 2.73 bits per heavy atom. The van der Waals surface area contributed by atoms with E-state index in [2.05, 4.69) is 20.3 Å². The molecule has 0 unspecified atom stereocenters. The monoisotopic (exact) mass is 354 g/mol. The highest BCUT2D eigenvalue weighted by Gasteiger charge is 2.18. The molecule has 0 atom stereocenters. The van der Waals surface area contributed by atoms with E-state index in [9.17, 15) is 5.21 Å². The summed E-state index contributed by atoms with van der Waals surface area (Å²) in [6.45, 7) is 1.64. The van der Waals surface area contributed by atoms with Gasteiger partial charge in [0.25, 0.3) is 5.69 Å². The van der Waals surface area contributed by atoms with Crippen molar-refractivity contribution >= 4 is 11.9 Å². The van der Waals surface area contributed by atoms with Crippen molar-refractivity contribution in [1.29, 1.82) is 0 Å². The smallest absolute Gasteiger partial charge is 0.251 e. The number of methoxy groups -OCH3 is 2.